The molecular weight excluding hydrogens is 250 g/mol. The Morgan fingerprint density at radius 2 is 2.17 bits per heavy atom. The lowest BCUT2D eigenvalue weighted by Crippen LogP contribution is -2.37. The van der Waals surface area contributed by atoms with Gasteiger partial charge in [-0.3, -0.25) is 4.79 Å². The second-order valence-corrected chi connectivity index (χ2v) is 4.50. The van der Waals surface area contributed by atoms with E-state index in [0.29, 0.717) is 11.4 Å². The van der Waals surface area contributed by atoms with E-state index in [9.17, 15) is 4.79 Å². The monoisotopic (exact) mass is 263 g/mol. The summed E-state index contributed by atoms with van der Waals surface area (Å²) in [6.45, 7) is 7.58. The predicted octanol–water partition coefficient (Wildman–Crippen LogP) is 3.27. The first-order chi connectivity index (χ1) is 8.64. The first-order valence-electron chi connectivity index (χ1n) is 5.61. The molecule has 1 amide bonds. The molecule has 1 aliphatic rings. The van der Waals surface area contributed by atoms with E-state index >= 15 is 0 Å². The van der Waals surface area contributed by atoms with Gasteiger partial charge in [0.15, 0.2) is 5.60 Å². The highest BCUT2D eigenvalue weighted by molar-refractivity contribution is 6.31. The number of halogens is 1. The lowest BCUT2D eigenvalue weighted by molar-refractivity contribution is -0.139. The maximum absolute atomic E-state index is 12.2. The van der Waals surface area contributed by atoms with Crippen molar-refractivity contribution in [3.63, 3.8) is 0 Å². The molecule has 1 atom stereocenters. The Kier molecular flexibility index (Phi) is 3.55. The summed E-state index contributed by atoms with van der Waals surface area (Å²) in [6.07, 6.45) is 3.67. The fraction of sp³-hybridized carbons (Fsp3) is 0.214. The Hall–Kier alpha value is -1.58. The van der Waals surface area contributed by atoms with Gasteiger partial charge in [0.1, 0.15) is 0 Å². The molecule has 0 aromatic heterocycles. The van der Waals surface area contributed by atoms with Crippen LogP contribution in [0, 0.1) is 0 Å². The summed E-state index contributed by atoms with van der Waals surface area (Å²) in [7, 11) is 0. The van der Waals surface area contributed by atoms with Gasteiger partial charge in [0, 0.05) is 22.7 Å². The molecule has 1 heterocycles. The van der Waals surface area contributed by atoms with Gasteiger partial charge < -0.3 is 10.1 Å². The molecule has 0 spiro atoms. The Morgan fingerprint density at radius 3 is 2.83 bits per heavy atom. The van der Waals surface area contributed by atoms with E-state index in [4.69, 9.17) is 16.3 Å². The second kappa shape index (κ2) is 4.96. The van der Waals surface area contributed by atoms with Crippen LogP contribution < -0.4 is 5.32 Å². The van der Waals surface area contributed by atoms with Crippen molar-refractivity contribution in [3.8, 4) is 0 Å². The number of rotatable bonds is 5. The largest absolute Gasteiger partial charge is 0.356 e. The van der Waals surface area contributed by atoms with Crippen LogP contribution in [0.4, 0.5) is 5.69 Å². The normalized spacial score (nSPS) is 21.3. The summed E-state index contributed by atoms with van der Waals surface area (Å²) in [5, 5.41) is 3.37. The van der Waals surface area contributed by atoms with Gasteiger partial charge in [-0.25, -0.2) is 0 Å². The van der Waals surface area contributed by atoms with Crippen LogP contribution in [0.25, 0.3) is 0 Å². The molecule has 4 heteroatoms. The number of carbonyl (C=O) groups is 1. The molecule has 0 bridgehead atoms. The number of hydrogen-bond acceptors (Lipinski definition) is 2. The van der Waals surface area contributed by atoms with E-state index in [1.54, 1.807) is 30.4 Å². The van der Waals surface area contributed by atoms with Crippen molar-refractivity contribution in [3.05, 3.63) is 54.1 Å². The third-order valence-corrected chi connectivity index (χ3v) is 3.15. The van der Waals surface area contributed by atoms with Gasteiger partial charge in [-0.1, -0.05) is 23.8 Å². The molecule has 2 rings (SSSR count). The summed E-state index contributed by atoms with van der Waals surface area (Å²) in [5.74, 6) is -0.193. The quantitative estimate of drug-likeness (QED) is 0.828. The Morgan fingerprint density at radius 1 is 1.39 bits per heavy atom. The minimum atomic E-state index is -1.05. The second-order valence-electron chi connectivity index (χ2n) is 4.06. The van der Waals surface area contributed by atoms with E-state index in [0.717, 1.165) is 11.3 Å². The lowest BCUT2D eigenvalue weighted by Gasteiger charge is -2.26. The third-order valence-electron chi connectivity index (χ3n) is 2.91. The smallest absolute Gasteiger partial charge is 0.261 e. The van der Waals surface area contributed by atoms with Gasteiger partial charge in [0.05, 0.1) is 6.61 Å². The molecule has 94 valence electrons. The van der Waals surface area contributed by atoms with Crippen molar-refractivity contribution in [2.75, 3.05) is 11.9 Å². The van der Waals surface area contributed by atoms with Crippen LogP contribution in [0.5, 0.6) is 0 Å². The number of benzene rings is 1. The van der Waals surface area contributed by atoms with Crippen LogP contribution in [0.2, 0.25) is 5.02 Å². The first-order valence-corrected chi connectivity index (χ1v) is 5.99. The van der Waals surface area contributed by atoms with Gasteiger partial charge in [0.2, 0.25) is 0 Å². The van der Waals surface area contributed by atoms with E-state index in [2.05, 4.69) is 18.5 Å². The number of fused-ring (bicyclic) bond motifs is 1. The maximum Gasteiger partial charge on any atom is 0.261 e. The predicted molar refractivity (Wildman–Crippen MR) is 72.7 cm³/mol. The fourth-order valence-corrected chi connectivity index (χ4v) is 2.29. The van der Waals surface area contributed by atoms with Crippen molar-refractivity contribution in [2.45, 2.75) is 12.0 Å². The number of carbonyl (C=O) groups excluding carboxylic acids is 1. The van der Waals surface area contributed by atoms with Crippen molar-refractivity contribution in [2.24, 2.45) is 0 Å². The molecule has 3 nitrogen and oxygen atoms in total. The zero-order chi connectivity index (χ0) is 13.2. The molecule has 0 saturated carbocycles. The topological polar surface area (TPSA) is 38.3 Å². The van der Waals surface area contributed by atoms with Crippen molar-refractivity contribution in [1.82, 2.24) is 0 Å². The van der Waals surface area contributed by atoms with Gasteiger partial charge in [-0.15, -0.1) is 13.2 Å². The molecule has 1 aromatic carbocycles. The van der Waals surface area contributed by atoms with Gasteiger partial charge >= 0.3 is 0 Å². The number of ether oxygens (including phenoxy) is 1. The number of amides is 1. The summed E-state index contributed by atoms with van der Waals surface area (Å²) >= 11 is 5.99. The Labute approximate surface area is 111 Å². The van der Waals surface area contributed by atoms with E-state index in [-0.39, 0.29) is 12.5 Å². The van der Waals surface area contributed by atoms with Crippen molar-refractivity contribution in [1.29, 1.82) is 0 Å². The number of hydrogen-bond donors (Lipinski definition) is 1. The van der Waals surface area contributed by atoms with Gasteiger partial charge in [-0.2, -0.15) is 0 Å². The Balaban J connectivity index is 2.51. The SMILES string of the molecule is C=CCOC1(CC=C)C(=O)Nc2ccc(Cl)cc21. The van der Waals surface area contributed by atoms with Gasteiger partial charge in [0.25, 0.3) is 5.91 Å². The molecule has 1 aromatic rings. The van der Waals surface area contributed by atoms with Crippen molar-refractivity contribution < 1.29 is 9.53 Å². The van der Waals surface area contributed by atoms with Crippen LogP contribution in [0.3, 0.4) is 0 Å². The van der Waals surface area contributed by atoms with E-state index in [1.165, 1.54) is 0 Å². The average molecular weight is 264 g/mol. The minimum Gasteiger partial charge on any atom is -0.356 e. The zero-order valence-corrected chi connectivity index (χ0v) is 10.7. The molecule has 1 unspecified atom stereocenters. The lowest BCUT2D eigenvalue weighted by atomic mass is 9.91. The standard InChI is InChI=1S/C14H14ClNO2/c1-3-7-14(18-8-4-2)11-9-10(15)5-6-12(11)16-13(14)17/h3-6,9H,1-2,7-8H2,(H,16,17). The molecule has 0 radical (unpaired) electrons. The molecule has 18 heavy (non-hydrogen) atoms. The maximum atomic E-state index is 12.2. The highest BCUT2D eigenvalue weighted by Gasteiger charge is 2.47. The van der Waals surface area contributed by atoms with E-state index < -0.39 is 5.60 Å². The molecule has 1 aliphatic heterocycles. The summed E-state index contributed by atoms with van der Waals surface area (Å²) in [4.78, 5) is 12.2. The van der Waals surface area contributed by atoms with Crippen molar-refractivity contribution >= 4 is 23.2 Å². The van der Waals surface area contributed by atoms with E-state index in [1.807, 2.05) is 0 Å². The van der Waals surface area contributed by atoms with Crippen LogP contribution in [-0.4, -0.2) is 12.5 Å². The van der Waals surface area contributed by atoms with Gasteiger partial charge in [-0.05, 0) is 18.2 Å². The molecular formula is C14H14ClNO2. The third kappa shape index (κ3) is 1.96. The summed E-state index contributed by atoms with van der Waals surface area (Å²) in [5.41, 5.74) is 0.438. The molecule has 0 aliphatic carbocycles. The number of anilines is 1. The summed E-state index contributed by atoms with van der Waals surface area (Å²) < 4.78 is 5.71. The average Bonchev–Trinajstić information content (AvgIpc) is 2.61. The van der Waals surface area contributed by atoms with Crippen LogP contribution >= 0.6 is 11.6 Å². The minimum absolute atomic E-state index is 0.193. The highest BCUT2D eigenvalue weighted by atomic mass is 35.5. The van der Waals surface area contributed by atoms with Crippen LogP contribution in [0.1, 0.15) is 12.0 Å². The zero-order valence-electron chi connectivity index (χ0n) is 9.91. The Bertz CT molecular complexity index is 513. The molecule has 1 N–H and O–H groups in total. The van der Waals surface area contributed by atoms with Crippen LogP contribution in [0.15, 0.2) is 43.5 Å². The molecule has 0 fully saturated rings. The summed E-state index contributed by atoms with van der Waals surface area (Å²) in [6, 6.07) is 5.26. The number of nitrogens with one attached hydrogen (secondary N) is 1. The molecule has 0 saturated heterocycles. The van der Waals surface area contributed by atoms with Crippen LogP contribution in [-0.2, 0) is 15.1 Å². The highest BCUT2D eigenvalue weighted by Crippen LogP contribution is 2.42. The first kappa shape index (κ1) is 12.9. The fourth-order valence-electron chi connectivity index (χ4n) is 2.11.